The number of hydrogen-bond acceptors (Lipinski definition) is 4. The lowest BCUT2D eigenvalue weighted by atomic mass is 10.2. The number of nitrogens with zero attached hydrogens (tertiary/aromatic N) is 2. The van der Waals surface area contributed by atoms with E-state index in [-0.39, 0.29) is 24.9 Å². The van der Waals surface area contributed by atoms with E-state index in [0.717, 1.165) is 15.8 Å². The summed E-state index contributed by atoms with van der Waals surface area (Å²) in [5.41, 5.74) is 1.09. The molecule has 0 bridgehead atoms. The van der Waals surface area contributed by atoms with Crippen LogP contribution >= 0.6 is 11.3 Å². The summed E-state index contributed by atoms with van der Waals surface area (Å²) < 4.78 is 7.13. The van der Waals surface area contributed by atoms with Crippen molar-refractivity contribution in [2.45, 2.75) is 19.5 Å². The van der Waals surface area contributed by atoms with Crippen molar-refractivity contribution in [3.8, 4) is 0 Å². The first-order valence-electron chi connectivity index (χ1n) is 8.09. The Morgan fingerprint density at radius 2 is 2.00 bits per heavy atom. The minimum atomic E-state index is -0.365. The molecule has 5 nitrogen and oxygen atoms in total. The number of rotatable bonds is 7. The SMILES string of the molecule is CN(Cc1cccs1)C(=O)COC(=O)CCn1ccc2ccccc21. The lowest BCUT2D eigenvalue weighted by molar-refractivity contribution is -0.151. The number of likely N-dealkylation sites (N-methyl/N-ethyl adjacent to an activating group) is 1. The van der Waals surface area contributed by atoms with Crippen LogP contribution in [0.1, 0.15) is 11.3 Å². The zero-order chi connectivity index (χ0) is 17.6. The van der Waals surface area contributed by atoms with E-state index in [1.165, 1.54) is 0 Å². The fraction of sp³-hybridized carbons (Fsp3) is 0.263. The molecule has 0 spiro atoms. The highest BCUT2D eigenvalue weighted by Crippen LogP contribution is 2.15. The van der Waals surface area contributed by atoms with Crippen molar-refractivity contribution in [2.75, 3.05) is 13.7 Å². The van der Waals surface area contributed by atoms with Gasteiger partial charge >= 0.3 is 5.97 Å². The van der Waals surface area contributed by atoms with Gasteiger partial charge in [0.05, 0.1) is 13.0 Å². The minimum absolute atomic E-state index is 0.201. The molecule has 2 aromatic heterocycles. The number of ether oxygens (including phenoxy) is 1. The average Bonchev–Trinajstić information content (AvgIpc) is 3.27. The first-order chi connectivity index (χ1) is 12.1. The summed E-state index contributed by atoms with van der Waals surface area (Å²) in [5, 5.41) is 3.11. The second-order valence-corrected chi connectivity index (χ2v) is 6.84. The molecule has 2 heterocycles. The van der Waals surface area contributed by atoms with E-state index in [2.05, 4.69) is 0 Å². The van der Waals surface area contributed by atoms with Gasteiger partial charge in [0.2, 0.25) is 0 Å². The number of hydrogen-bond donors (Lipinski definition) is 0. The third-order valence-electron chi connectivity index (χ3n) is 3.99. The predicted molar refractivity (Wildman–Crippen MR) is 98.3 cm³/mol. The number of esters is 1. The molecule has 3 aromatic rings. The zero-order valence-electron chi connectivity index (χ0n) is 14.1. The first kappa shape index (κ1) is 17.2. The van der Waals surface area contributed by atoms with Crippen LogP contribution in [0.25, 0.3) is 10.9 Å². The Bertz CT molecular complexity index is 855. The fourth-order valence-electron chi connectivity index (χ4n) is 2.60. The first-order valence-corrected chi connectivity index (χ1v) is 8.97. The van der Waals surface area contributed by atoms with Gasteiger partial charge in [-0.15, -0.1) is 11.3 Å². The monoisotopic (exact) mass is 356 g/mol. The number of carbonyl (C=O) groups is 2. The molecule has 1 aromatic carbocycles. The topological polar surface area (TPSA) is 51.5 Å². The quantitative estimate of drug-likeness (QED) is 0.611. The second-order valence-electron chi connectivity index (χ2n) is 5.81. The van der Waals surface area contributed by atoms with Gasteiger partial charge in [0, 0.05) is 30.2 Å². The van der Waals surface area contributed by atoms with Crippen molar-refractivity contribution in [3.05, 3.63) is 58.9 Å². The van der Waals surface area contributed by atoms with Gasteiger partial charge in [-0.25, -0.2) is 0 Å². The highest BCUT2D eigenvalue weighted by Gasteiger charge is 2.13. The van der Waals surface area contributed by atoms with Crippen molar-refractivity contribution in [1.29, 1.82) is 0 Å². The molecule has 0 aliphatic rings. The van der Waals surface area contributed by atoms with Gasteiger partial charge < -0.3 is 14.2 Å². The molecule has 1 amide bonds. The Kier molecular flexibility index (Phi) is 5.50. The maximum atomic E-state index is 12.0. The van der Waals surface area contributed by atoms with Crippen molar-refractivity contribution in [3.63, 3.8) is 0 Å². The van der Waals surface area contributed by atoms with E-state index >= 15 is 0 Å². The molecule has 130 valence electrons. The summed E-state index contributed by atoms with van der Waals surface area (Å²) in [6.07, 6.45) is 2.19. The van der Waals surface area contributed by atoms with Crippen molar-refractivity contribution in [2.24, 2.45) is 0 Å². The molecule has 0 atom stereocenters. The molecular formula is C19H20N2O3S. The highest BCUT2D eigenvalue weighted by molar-refractivity contribution is 7.09. The van der Waals surface area contributed by atoms with E-state index in [4.69, 9.17) is 4.74 Å². The van der Waals surface area contributed by atoms with Crippen molar-refractivity contribution >= 4 is 34.1 Å². The average molecular weight is 356 g/mol. The van der Waals surface area contributed by atoms with Gasteiger partial charge in [-0.2, -0.15) is 0 Å². The number of aryl methyl sites for hydroxylation is 1. The Hall–Kier alpha value is -2.60. The third kappa shape index (κ3) is 4.48. The fourth-order valence-corrected chi connectivity index (χ4v) is 3.35. The van der Waals surface area contributed by atoms with Gasteiger partial charge in [0.15, 0.2) is 6.61 Å². The number of thiophene rings is 1. The molecule has 0 aliphatic carbocycles. The molecule has 0 radical (unpaired) electrons. The third-order valence-corrected chi connectivity index (χ3v) is 4.85. The van der Waals surface area contributed by atoms with Gasteiger partial charge in [-0.1, -0.05) is 24.3 Å². The van der Waals surface area contributed by atoms with Crippen LogP contribution < -0.4 is 0 Å². The molecule has 0 unspecified atom stereocenters. The van der Waals surface area contributed by atoms with Crippen LogP contribution in [0, 0.1) is 0 Å². The van der Waals surface area contributed by atoms with E-state index in [0.29, 0.717) is 13.1 Å². The smallest absolute Gasteiger partial charge is 0.308 e. The summed E-state index contributed by atoms with van der Waals surface area (Å²) in [6.45, 7) is 0.849. The summed E-state index contributed by atoms with van der Waals surface area (Å²) in [7, 11) is 1.71. The summed E-state index contributed by atoms with van der Waals surface area (Å²) in [6, 6.07) is 13.9. The van der Waals surface area contributed by atoms with E-state index < -0.39 is 0 Å². The van der Waals surface area contributed by atoms with E-state index in [1.807, 2.05) is 58.6 Å². The number of benzene rings is 1. The van der Waals surface area contributed by atoms with Gasteiger partial charge in [-0.05, 0) is 29.0 Å². The molecule has 0 N–H and O–H groups in total. The van der Waals surface area contributed by atoms with E-state index in [9.17, 15) is 9.59 Å². The largest absolute Gasteiger partial charge is 0.456 e. The van der Waals surface area contributed by atoms with Gasteiger partial charge in [0.25, 0.3) is 5.91 Å². The molecule has 0 saturated carbocycles. The molecule has 0 fully saturated rings. The van der Waals surface area contributed by atoms with Crippen LogP contribution in [0.5, 0.6) is 0 Å². The molecule has 0 saturated heterocycles. The van der Waals surface area contributed by atoms with Crippen LogP contribution in [-0.2, 0) is 27.4 Å². The van der Waals surface area contributed by atoms with E-state index in [1.54, 1.807) is 23.3 Å². The van der Waals surface area contributed by atoms with Crippen molar-refractivity contribution in [1.82, 2.24) is 9.47 Å². The van der Waals surface area contributed by atoms with Crippen LogP contribution in [0.4, 0.5) is 0 Å². The van der Waals surface area contributed by atoms with Crippen LogP contribution in [0.15, 0.2) is 54.0 Å². The Balaban J connectivity index is 1.44. The number of fused-ring (bicyclic) bond motifs is 1. The lowest BCUT2D eigenvalue weighted by Crippen LogP contribution is -2.30. The van der Waals surface area contributed by atoms with Crippen LogP contribution in [0.2, 0.25) is 0 Å². The second kappa shape index (κ2) is 7.98. The maximum Gasteiger partial charge on any atom is 0.308 e. The van der Waals surface area contributed by atoms with Crippen molar-refractivity contribution < 1.29 is 14.3 Å². The van der Waals surface area contributed by atoms with Gasteiger partial charge in [0.1, 0.15) is 0 Å². The zero-order valence-corrected chi connectivity index (χ0v) is 14.9. The summed E-state index contributed by atoms with van der Waals surface area (Å²) in [5.74, 6) is -0.566. The standard InChI is InChI=1S/C19H20N2O3S/c1-20(13-16-6-4-12-25-16)18(22)14-24-19(23)9-11-21-10-8-15-5-2-3-7-17(15)21/h2-8,10,12H,9,11,13-14H2,1H3. The highest BCUT2D eigenvalue weighted by atomic mass is 32.1. The maximum absolute atomic E-state index is 12.0. The predicted octanol–water partition coefficient (Wildman–Crippen LogP) is 3.29. The number of para-hydroxylation sites is 1. The van der Waals surface area contributed by atoms with Crippen LogP contribution in [-0.4, -0.2) is 35.0 Å². The normalized spacial score (nSPS) is 10.8. The summed E-state index contributed by atoms with van der Waals surface area (Å²) in [4.78, 5) is 26.6. The van der Waals surface area contributed by atoms with Crippen LogP contribution in [0.3, 0.4) is 0 Å². The minimum Gasteiger partial charge on any atom is -0.456 e. The lowest BCUT2D eigenvalue weighted by Gasteiger charge is -2.16. The molecule has 6 heteroatoms. The molecule has 25 heavy (non-hydrogen) atoms. The van der Waals surface area contributed by atoms with Gasteiger partial charge in [-0.3, -0.25) is 9.59 Å². The molecule has 3 rings (SSSR count). The number of aromatic nitrogens is 1. The Morgan fingerprint density at radius 1 is 1.16 bits per heavy atom. The molecular weight excluding hydrogens is 336 g/mol. The summed E-state index contributed by atoms with van der Waals surface area (Å²) >= 11 is 1.60. The molecule has 0 aliphatic heterocycles. The number of carbonyl (C=O) groups excluding carboxylic acids is 2. The Labute approximate surface area is 150 Å². The Morgan fingerprint density at radius 3 is 2.80 bits per heavy atom. The number of amides is 1.